The molecule has 3 nitrogen and oxygen atoms in total. The molecule has 1 heterocycles. The number of nitrogens with one attached hydrogen (secondary N) is 1. The van der Waals surface area contributed by atoms with Crippen molar-refractivity contribution in [2.24, 2.45) is 5.92 Å². The minimum absolute atomic E-state index is 0.777. The number of hydrogen-bond donors (Lipinski definition) is 1. The van der Waals surface area contributed by atoms with E-state index in [-0.39, 0.29) is 0 Å². The molecule has 1 aromatic carbocycles. The van der Waals surface area contributed by atoms with E-state index in [0.29, 0.717) is 0 Å². The van der Waals surface area contributed by atoms with Crippen LogP contribution in [0.1, 0.15) is 31.7 Å². The molecule has 2 aliphatic rings. The summed E-state index contributed by atoms with van der Waals surface area (Å²) in [5, 5.41) is 3.41. The second-order valence-corrected chi connectivity index (χ2v) is 5.69. The van der Waals surface area contributed by atoms with Gasteiger partial charge in [0.1, 0.15) is 12.4 Å². The second-order valence-electron chi connectivity index (χ2n) is 5.69. The van der Waals surface area contributed by atoms with Crippen molar-refractivity contribution in [3.8, 4) is 5.75 Å². The average Bonchev–Trinajstić information content (AvgIpc) is 2.41. The summed E-state index contributed by atoms with van der Waals surface area (Å²) in [6.45, 7) is 7.32. The van der Waals surface area contributed by atoms with Crippen LogP contribution in [0.3, 0.4) is 0 Å². The molecule has 3 heteroatoms. The van der Waals surface area contributed by atoms with Crippen LogP contribution >= 0.6 is 0 Å². The van der Waals surface area contributed by atoms with Gasteiger partial charge in [0.15, 0.2) is 0 Å². The fourth-order valence-corrected chi connectivity index (χ4v) is 2.94. The summed E-state index contributed by atoms with van der Waals surface area (Å²) in [6, 6.07) is 6.45. The maximum absolute atomic E-state index is 5.86. The number of para-hydroxylation sites is 1. The van der Waals surface area contributed by atoms with Crippen LogP contribution in [0, 0.1) is 5.92 Å². The second kappa shape index (κ2) is 5.83. The Morgan fingerprint density at radius 3 is 3.00 bits per heavy atom. The van der Waals surface area contributed by atoms with Crippen molar-refractivity contribution in [1.29, 1.82) is 0 Å². The lowest BCUT2D eigenvalue weighted by Gasteiger charge is -2.32. The summed E-state index contributed by atoms with van der Waals surface area (Å²) in [7, 11) is 0. The van der Waals surface area contributed by atoms with Crippen molar-refractivity contribution in [3.63, 3.8) is 0 Å². The molecule has 0 bridgehead atoms. The molecule has 1 aliphatic carbocycles. The lowest BCUT2D eigenvalue weighted by Crippen LogP contribution is -2.32. The van der Waals surface area contributed by atoms with Crippen LogP contribution in [0.5, 0.6) is 5.75 Å². The summed E-state index contributed by atoms with van der Waals surface area (Å²) in [5.74, 6) is 2.00. The molecule has 1 saturated carbocycles. The first-order chi connectivity index (χ1) is 9.36. The Kier molecular flexibility index (Phi) is 3.92. The molecule has 1 N–H and O–H groups in total. The minimum atomic E-state index is 0.777. The predicted octanol–water partition coefficient (Wildman–Crippen LogP) is 3.11. The molecular formula is C16H24N2O. The number of ether oxygens (including phenoxy) is 1. The molecule has 0 atom stereocenters. The molecular weight excluding hydrogens is 236 g/mol. The highest BCUT2D eigenvalue weighted by molar-refractivity contribution is 5.61. The average molecular weight is 260 g/mol. The zero-order chi connectivity index (χ0) is 13.1. The molecule has 0 radical (unpaired) electrons. The van der Waals surface area contributed by atoms with E-state index in [0.717, 1.165) is 43.6 Å². The summed E-state index contributed by atoms with van der Waals surface area (Å²) in [6.07, 6.45) is 4.26. The van der Waals surface area contributed by atoms with Crippen LogP contribution in [-0.2, 0) is 6.54 Å². The van der Waals surface area contributed by atoms with Gasteiger partial charge in [0.25, 0.3) is 0 Å². The molecule has 0 saturated heterocycles. The maximum Gasteiger partial charge on any atom is 0.146 e. The first-order valence-electron chi connectivity index (χ1n) is 7.57. The van der Waals surface area contributed by atoms with Gasteiger partial charge in [-0.25, -0.2) is 0 Å². The Bertz CT molecular complexity index is 429. The van der Waals surface area contributed by atoms with E-state index in [1.807, 2.05) is 0 Å². The summed E-state index contributed by atoms with van der Waals surface area (Å²) < 4.78 is 5.86. The zero-order valence-corrected chi connectivity index (χ0v) is 11.8. The first kappa shape index (κ1) is 12.8. The lowest BCUT2D eigenvalue weighted by atomic mass is 9.85. The van der Waals surface area contributed by atoms with Crippen LogP contribution in [-0.4, -0.2) is 31.1 Å². The molecule has 3 rings (SSSR count). The SMILES string of the molecule is CCN(Cc1cccc2c1OCCN2)CC1CCC1. The van der Waals surface area contributed by atoms with Gasteiger partial charge < -0.3 is 10.1 Å². The van der Waals surface area contributed by atoms with Crippen molar-refractivity contribution in [1.82, 2.24) is 4.90 Å². The lowest BCUT2D eigenvalue weighted by molar-refractivity contribution is 0.176. The van der Waals surface area contributed by atoms with Gasteiger partial charge in [-0.15, -0.1) is 0 Å². The van der Waals surface area contributed by atoms with Gasteiger partial charge in [-0.1, -0.05) is 25.5 Å². The topological polar surface area (TPSA) is 24.5 Å². The van der Waals surface area contributed by atoms with Gasteiger partial charge in [-0.3, -0.25) is 4.90 Å². The van der Waals surface area contributed by atoms with Gasteiger partial charge in [0, 0.05) is 25.2 Å². The summed E-state index contributed by atoms with van der Waals surface area (Å²) in [5.41, 5.74) is 2.48. The van der Waals surface area contributed by atoms with E-state index in [1.54, 1.807) is 0 Å². The molecule has 0 aromatic heterocycles. The minimum Gasteiger partial charge on any atom is -0.489 e. The van der Waals surface area contributed by atoms with Crippen molar-refractivity contribution in [2.45, 2.75) is 32.7 Å². The molecule has 104 valence electrons. The van der Waals surface area contributed by atoms with Crippen LogP contribution in [0.4, 0.5) is 5.69 Å². The van der Waals surface area contributed by atoms with Crippen LogP contribution < -0.4 is 10.1 Å². The number of hydrogen-bond acceptors (Lipinski definition) is 3. The van der Waals surface area contributed by atoms with Crippen molar-refractivity contribution in [2.75, 3.05) is 31.6 Å². The monoisotopic (exact) mass is 260 g/mol. The molecule has 0 spiro atoms. The molecule has 1 fully saturated rings. The van der Waals surface area contributed by atoms with Gasteiger partial charge >= 0.3 is 0 Å². The van der Waals surface area contributed by atoms with Crippen molar-refractivity contribution >= 4 is 5.69 Å². The zero-order valence-electron chi connectivity index (χ0n) is 11.8. The van der Waals surface area contributed by atoms with Crippen LogP contribution in [0.2, 0.25) is 0 Å². The quantitative estimate of drug-likeness (QED) is 0.880. The smallest absolute Gasteiger partial charge is 0.146 e. The third-order valence-corrected chi connectivity index (χ3v) is 4.34. The van der Waals surface area contributed by atoms with Gasteiger partial charge in [-0.05, 0) is 31.4 Å². The third kappa shape index (κ3) is 2.86. The number of benzene rings is 1. The Balaban J connectivity index is 1.70. The first-order valence-corrected chi connectivity index (χ1v) is 7.57. The number of rotatable bonds is 5. The van der Waals surface area contributed by atoms with Gasteiger partial charge in [0.2, 0.25) is 0 Å². The Hall–Kier alpha value is -1.22. The normalized spacial score (nSPS) is 18.4. The largest absolute Gasteiger partial charge is 0.489 e. The van der Waals surface area contributed by atoms with Gasteiger partial charge in [-0.2, -0.15) is 0 Å². The maximum atomic E-state index is 5.86. The van der Waals surface area contributed by atoms with E-state index in [2.05, 4.69) is 35.3 Å². The molecule has 0 unspecified atom stereocenters. The summed E-state index contributed by atoms with van der Waals surface area (Å²) in [4.78, 5) is 2.55. The van der Waals surface area contributed by atoms with Crippen LogP contribution in [0.15, 0.2) is 18.2 Å². The standard InChI is InChI=1S/C16H24N2O/c1-2-18(11-13-5-3-6-13)12-14-7-4-8-15-16(14)19-10-9-17-15/h4,7-8,13,17H,2-3,5-6,9-12H2,1H3. The fraction of sp³-hybridized carbons (Fsp3) is 0.625. The Morgan fingerprint density at radius 1 is 1.37 bits per heavy atom. The van der Waals surface area contributed by atoms with Gasteiger partial charge in [0.05, 0.1) is 5.69 Å². The molecule has 19 heavy (non-hydrogen) atoms. The molecule has 1 aliphatic heterocycles. The highest BCUT2D eigenvalue weighted by atomic mass is 16.5. The van der Waals surface area contributed by atoms with Crippen LogP contribution in [0.25, 0.3) is 0 Å². The number of nitrogens with zero attached hydrogens (tertiary/aromatic N) is 1. The van der Waals surface area contributed by atoms with E-state index >= 15 is 0 Å². The van der Waals surface area contributed by atoms with E-state index in [9.17, 15) is 0 Å². The summed E-state index contributed by atoms with van der Waals surface area (Å²) >= 11 is 0. The fourth-order valence-electron chi connectivity index (χ4n) is 2.94. The highest BCUT2D eigenvalue weighted by Gasteiger charge is 2.21. The van der Waals surface area contributed by atoms with Crippen molar-refractivity contribution < 1.29 is 4.74 Å². The van der Waals surface area contributed by atoms with E-state index < -0.39 is 0 Å². The number of anilines is 1. The van der Waals surface area contributed by atoms with E-state index in [1.165, 1.54) is 31.4 Å². The third-order valence-electron chi connectivity index (χ3n) is 4.34. The molecule has 0 amide bonds. The predicted molar refractivity (Wildman–Crippen MR) is 78.7 cm³/mol. The highest BCUT2D eigenvalue weighted by Crippen LogP contribution is 2.33. The number of fused-ring (bicyclic) bond motifs is 1. The molecule has 1 aromatic rings. The van der Waals surface area contributed by atoms with E-state index in [4.69, 9.17) is 4.74 Å². The Labute approximate surface area is 115 Å². The Morgan fingerprint density at radius 2 is 2.26 bits per heavy atom. The van der Waals surface area contributed by atoms with Crippen molar-refractivity contribution in [3.05, 3.63) is 23.8 Å².